The number of nitrogens with zero attached hydrogens (tertiary/aromatic N) is 2. The largest absolute Gasteiger partial charge is 0.330 e. The van der Waals surface area contributed by atoms with Crippen LogP contribution in [0.2, 0.25) is 0 Å². The Kier molecular flexibility index (Phi) is 2.47. The summed E-state index contributed by atoms with van der Waals surface area (Å²) in [7, 11) is 0. The average Bonchev–Trinajstić information content (AvgIpc) is 1.96. The number of rotatable bonds is 1. The number of hydrazone groups is 1. The highest BCUT2D eigenvalue weighted by Crippen LogP contribution is 2.08. The summed E-state index contributed by atoms with van der Waals surface area (Å²) in [5, 5.41) is 9.69. The first-order valence-corrected chi connectivity index (χ1v) is 4.28. The molecule has 0 radical (unpaired) electrons. The summed E-state index contributed by atoms with van der Waals surface area (Å²) in [6.07, 6.45) is 0. The molecule has 3 nitrogen and oxygen atoms in total. The Morgan fingerprint density at radius 2 is 2.17 bits per heavy atom. The van der Waals surface area contributed by atoms with Crippen LogP contribution in [0.4, 0.5) is 0 Å². The van der Waals surface area contributed by atoms with Crippen LogP contribution >= 0.6 is 12.2 Å². The monoisotopic (exact) mass is 183 g/mol. The Hall–Kier alpha value is -0.900. The first kappa shape index (κ1) is 9.19. The van der Waals surface area contributed by atoms with Crippen LogP contribution in [0.25, 0.3) is 0 Å². The summed E-state index contributed by atoms with van der Waals surface area (Å²) < 4.78 is 0. The standard InChI is InChI=1S/C8H13N3S/c1-5(2)11-8(12)9-6(3)7(4)10-11/h5H,3H2,1-2,4H3,(H,9,12). The van der Waals surface area contributed by atoms with Gasteiger partial charge in [0.1, 0.15) is 0 Å². The minimum absolute atomic E-state index is 0.285. The molecular formula is C8H13N3S. The van der Waals surface area contributed by atoms with Crippen molar-refractivity contribution < 1.29 is 0 Å². The lowest BCUT2D eigenvalue weighted by molar-refractivity contribution is 0.360. The molecule has 1 heterocycles. The Morgan fingerprint density at radius 1 is 1.58 bits per heavy atom. The van der Waals surface area contributed by atoms with Gasteiger partial charge in [0, 0.05) is 6.04 Å². The lowest BCUT2D eigenvalue weighted by Gasteiger charge is -2.29. The molecule has 0 spiro atoms. The molecule has 0 aromatic rings. The maximum absolute atomic E-state index is 5.08. The molecule has 1 aliphatic rings. The van der Waals surface area contributed by atoms with Gasteiger partial charge in [0.25, 0.3) is 0 Å². The van der Waals surface area contributed by atoms with Crippen molar-refractivity contribution in [2.45, 2.75) is 26.8 Å². The van der Waals surface area contributed by atoms with Crippen molar-refractivity contribution in [3.05, 3.63) is 12.3 Å². The molecule has 1 aliphatic heterocycles. The molecule has 0 amide bonds. The number of hydrogen-bond donors (Lipinski definition) is 1. The second-order valence-corrected chi connectivity index (χ2v) is 3.42. The van der Waals surface area contributed by atoms with Gasteiger partial charge in [0.2, 0.25) is 0 Å². The van der Waals surface area contributed by atoms with E-state index in [4.69, 9.17) is 12.2 Å². The highest BCUT2D eigenvalue weighted by atomic mass is 32.1. The van der Waals surface area contributed by atoms with E-state index in [2.05, 4.69) is 17.0 Å². The van der Waals surface area contributed by atoms with E-state index in [-0.39, 0.29) is 6.04 Å². The molecule has 0 aliphatic carbocycles. The molecule has 0 aromatic heterocycles. The van der Waals surface area contributed by atoms with Crippen molar-refractivity contribution in [1.82, 2.24) is 10.3 Å². The topological polar surface area (TPSA) is 27.6 Å². The molecule has 4 heteroatoms. The predicted molar refractivity (Wildman–Crippen MR) is 55.0 cm³/mol. The van der Waals surface area contributed by atoms with Gasteiger partial charge in [-0.2, -0.15) is 5.10 Å². The summed E-state index contributed by atoms with van der Waals surface area (Å²) in [5.74, 6) is 0. The zero-order chi connectivity index (χ0) is 9.30. The van der Waals surface area contributed by atoms with Crippen molar-refractivity contribution in [3.8, 4) is 0 Å². The van der Waals surface area contributed by atoms with E-state index < -0.39 is 0 Å². The Bertz CT molecular complexity index is 255. The molecule has 0 saturated carbocycles. The normalized spacial score (nSPS) is 18.0. The zero-order valence-corrected chi connectivity index (χ0v) is 8.40. The van der Waals surface area contributed by atoms with E-state index in [1.165, 1.54) is 0 Å². The quantitative estimate of drug-likeness (QED) is 0.624. The highest BCUT2D eigenvalue weighted by molar-refractivity contribution is 7.80. The summed E-state index contributed by atoms with van der Waals surface area (Å²) in [6, 6.07) is 0.285. The van der Waals surface area contributed by atoms with Crippen LogP contribution in [-0.4, -0.2) is 21.9 Å². The lowest BCUT2D eigenvalue weighted by atomic mass is 10.3. The first-order chi connectivity index (χ1) is 5.52. The second kappa shape index (κ2) is 3.23. The molecular weight excluding hydrogens is 170 g/mol. The number of allylic oxidation sites excluding steroid dienone is 1. The Balaban J connectivity index is 2.90. The van der Waals surface area contributed by atoms with Crippen LogP contribution in [0, 0.1) is 0 Å². The van der Waals surface area contributed by atoms with Crippen LogP contribution < -0.4 is 5.32 Å². The molecule has 0 atom stereocenters. The van der Waals surface area contributed by atoms with Crippen LogP contribution in [-0.2, 0) is 0 Å². The van der Waals surface area contributed by atoms with Crippen LogP contribution in [0.1, 0.15) is 20.8 Å². The number of thiocarbonyl (C=S) groups is 1. The van der Waals surface area contributed by atoms with Crippen LogP contribution in [0.3, 0.4) is 0 Å². The van der Waals surface area contributed by atoms with E-state index in [0.29, 0.717) is 5.11 Å². The SMILES string of the molecule is C=C1NC(=S)N(C(C)C)N=C1C. The van der Waals surface area contributed by atoms with Gasteiger partial charge in [-0.15, -0.1) is 0 Å². The maximum atomic E-state index is 5.08. The Morgan fingerprint density at radius 3 is 2.67 bits per heavy atom. The van der Waals surface area contributed by atoms with E-state index in [1.807, 2.05) is 20.8 Å². The molecule has 1 rings (SSSR count). The van der Waals surface area contributed by atoms with E-state index in [0.717, 1.165) is 11.4 Å². The molecule has 0 aromatic carbocycles. The lowest BCUT2D eigenvalue weighted by Crippen LogP contribution is -2.45. The van der Waals surface area contributed by atoms with Gasteiger partial charge in [-0.1, -0.05) is 6.58 Å². The fourth-order valence-corrected chi connectivity index (χ4v) is 1.27. The zero-order valence-electron chi connectivity index (χ0n) is 7.59. The van der Waals surface area contributed by atoms with Crippen molar-refractivity contribution in [2.75, 3.05) is 0 Å². The average molecular weight is 183 g/mol. The molecule has 12 heavy (non-hydrogen) atoms. The van der Waals surface area contributed by atoms with Crippen LogP contribution in [0.5, 0.6) is 0 Å². The van der Waals surface area contributed by atoms with Gasteiger partial charge in [-0.25, -0.2) is 5.01 Å². The maximum Gasteiger partial charge on any atom is 0.194 e. The minimum Gasteiger partial charge on any atom is -0.330 e. The molecule has 0 fully saturated rings. The van der Waals surface area contributed by atoms with Gasteiger partial charge in [-0.3, -0.25) is 0 Å². The number of nitrogens with one attached hydrogen (secondary N) is 1. The fourth-order valence-electron chi connectivity index (χ4n) is 0.894. The summed E-state index contributed by atoms with van der Waals surface area (Å²) in [4.78, 5) is 0. The number of hydrogen-bond acceptors (Lipinski definition) is 2. The van der Waals surface area contributed by atoms with E-state index in [1.54, 1.807) is 5.01 Å². The Labute approximate surface area is 78.1 Å². The summed E-state index contributed by atoms with van der Waals surface area (Å²) in [5.41, 5.74) is 1.68. The third-order valence-corrected chi connectivity index (χ3v) is 1.94. The fraction of sp³-hybridized carbons (Fsp3) is 0.500. The van der Waals surface area contributed by atoms with Crippen molar-refractivity contribution >= 4 is 23.0 Å². The van der Waals surface area contributed by atoms with Gasteiger partial charge in [-0.05, 0) is 33.0 Å². The van der Waals surface area contributed by atoms with E-state index >= 15 is 0 Å². The third kappa shape index (κ3) is 1.64. The van der Waals surface area contributed by atoms with Crippen LogP contribution in [0.15, 0.2) is 17.4 Å². The van der Waals surface area contributed by atoms with Crippen molar-refractivity contribution in [3.63, 3.8) is 0 Å². The highest BCUT2D eigenvalue weighted by Gasteiger charge is 2.18. The molecule has 0 unspecified atom stereocenters. The van der Waals surface area contributed by atoms with Crippen molar-refractivity contribution in [1.29, 1.82) is 0 Å². The van der Waals surface area contributed by atoms with Crippen molar-refractivity contribution in [2.24, 2.45) is 5.10 Å². The first-order valence-electron chi connectivity index (χ1n) is 3.87. The molecule has 0 saturated heterocycles. The third-order valence-electron chi connectivity index (χ3n) is 1.65. The van der Waals surface area contributed by atoms with Gasteiger partial charge < -0.3 is 5.32 Å². The molecule has 66 valence electrons. The van der Waals surface area contributed by atoms with Gasteiger partial charge >= 0.3 is 0 Å². The summed E-state index contributed by atoms with van der Waals surface area (Å²) in [6.45, 7) is 9.77. The van der Waals surface area contributed by atoms with Gasteiger partial charge in [0.15, 0.2) is 5.11 Å². The molecule has 1 N–H and O–H groups in total. The predicted octanol–water partition coefficient (Wildman–Crippen LogP) is 1.47. The summed E-state index contributed by atoms with van der Waals surface area (Å²) >= 11 is 5.08. The minimum atomic E-state index is 0.285. The molecule has 0 bridgehead atoms. The smallest absolute Gasteiger partial charge is 0.194 e. The second-order valence-electron chi connectivity index (χ2n) is 3.03. The van der Waals surface area contributed by atoms with E-state index in [9.17, 15) is 0 Å². The van der Waals surface area contributed by atoms with Gasteiger partial charge in [0.05, 0.1) is 11.4 Å².